The topological polar surface area (TPSA) is 69.0 Å². The number of methoxy groups -OCH3 is 1. The van der Waals surface area contributed by atoms with Gasteiger partial charge in [0.2, 0.25) is 5.91 Å². The van der Waals surface area contributed by atoms with Crippen LogP contribution in [0.15, 0.2) is 71.9 Å². The minimum atomic E-state index is -0.157. The average Bonchev–Trinajstić information content (AvgIpc) is 3.23. The Morgan fingerprint density at radius 3 is 2.39 bits per heavy atom. The fraction of sp³-hybridized carbons (Fsp3) is 0.160. The first-order valence-corrected chi connectivity index (χ1v) is 11.7. The Balaban J connectivity index is 1.60. The molecule has 0 atom stereocenters. The number of benzene rings is 3. The molecule has 0 unspecified atom stereocenters. The monoisotopic (exact) mass is 478 g/mol. The summed E-state index contributed by atoms with van der Waals surface area (Å²) in [6.07, 6.45) is 0. The van der Waals surface area contributed by atoms with Gasteiger partial charge in [0.1, 0.15) is 5.75 Å². The lowest BCUT2D eigenvalue weighted by Crippen LogP contribution is -2.15. The first kappa shape index (κ1) is 22.9. The Bertz CT molecular complexity index is 1270. The van der Waals surface area contributed by atoms with Crippen molar-refractivity contribution in [1.29, 1.82) is 0 Å². The van der Waals surface area contributed by atoms with E-state index in [1.165, 1.54) is 11.8 Å². The van der Waals surface area contributed by atoms with Crippen molar-refractivity contribution in [2.24, 2.45) is 0 Å². The summed E-state index contributed by atoms with van der Waals surface area (Å²) in [6, 6.07) is 21.2. The highest BCUT2D eigenvalue weighted by Crippen LogP contribution is 2.30. The second-order valence-electron chi connectivity index (χ2n) is 7.52. The van der Waals surface area contributed by atoms with Gasteiger partial charge in [-0.05, 0) is 67.9 Å². The molecule has 0 aliphatic carbocycles. The van der Waals surface area contributed by atoms with Crippen LogP contribution in [-0.2, 0) is 4.79 Å². The smallest absolute Gasteiger partial charge is 0.234 e. The van der Waals surface area contributed by atoms with Crippen molar-refractivity contribution < 1.29 is 9.53 Å². The van der Waals surface area contributed by atoms with Gasteiger partial charge >= 0.3 is 0 Å². The number of nitrogens with zero attached hydrogens (tertiary/aromatic N) is 3. The fourth-order valence-corrected chi connectivity index (χ4v) is 4.19. The molecule has 0 aliphatic heterocycles. The molecule has 1 aromatic heterocycles. The van der Waals surface area contributed by atoms with Gasteiger partial charge in [-0.2, -0.15) is 0 Å². The number of amides is 1. The van der Waals surface area contributed by atoms with Crippen molar-refractivity contribution in [3.63, 3.8) is 0 Å². The number of ether oxygens (including phenoxy) is 1. The standard InChI is InChI=1S/C25H23ClN4O2S/c1-16-4-11-20(12-5-16)30-24(18-7-9-19(26)10-8-18)28-29-25(30)33-15-23(31)27-21-14-17(2)6-13-22(21)32-3/h4-14H,15H2,1-3H3,(H,27,31). The molecule has 8 heteroatoms. The van der Waals surface area contributed by atoms with E-state index in [-0.39, 0.29) is 11.7 Å². The SMILES string of the molecule is COc1ccc(C)cc1NC(=O)CSc1nnc(-c2ccc(Cl)cc2)n1-c1ccc(C)cc1. The van der Waals surface area contributed by atoms with Gasteiger partial charge in [0.15, 0.2) is 11.0 Å². The molecule has 4 aromatic rings. The summed E-state index contributed by atoms with van der Waals surface area (Å²) in [7, 11) is 1.58. The number of halogens is 1. The lowest BCUT2D eigenvalue weighted by Gasteiger charge is -2.12. The lowest BCUT2D eigenvalue weighted by molar-refractivity contribution is -0.113. The molecular formula is C25H23ClN4O2S. The molecule has 0 bridgehead atoms. The lowest BCUT2D eigenvalue weighted by atomic mass is 10.2. The molecule has 1 N–H and O–H groups in total. The Labute approximate surface area is 202 Å². The van der Waals surface area contributed by atoms with E-state index in [2.05, 4.69) is 15.5 Å². The molecular weight excluding hydrogens is 456 g/mol. The number of anilines is 1. The Morgan fingerprint density at radius 1 is 1.00 bits per heavy atom. The second kappa shape index (κ2) is 10.1. The molecule has 0 saturated heterocycles. The van der Waals surface area contributed by atoms with E-state index >= 15 is 0 Å². The van der Waals surface area contributed by atoms with Crippen LogP contribution >= 0.6 is 23.4 Å². The van der Waals surface area contributed by atoms with E-state index in [1.807, 2.05) is 85.1 Å². The molecule has 33 heavy (non-hydrogen) atoms. The maximum Gasteiger partial charge on any atom is 0.234 e. The number of nitrogens with one attached hydrogen (secondary N) is 1. The molecule has 1 heterocycles. The first-order chi connectivity index (χ1) is 15.9. The van der Waals surface area contributed by atoms with Gasteiger partial charge in [-0.15, -0.1) is 10.2 Å². The first-order valence-electron chi connectivity index (χ1n) is 10.3. The highest BCUT2D eigenvalue weighted by Gasteiger charge is 2.18. The Morgan fingerprint density at radius 2 is 1.70 bits per heavy atom. The molecule has 0 saturated carbocycles. The maximum absolute atomic E-state index is 12.7. The molecule has 0 spiro atoms. The predicted octanol–water partition coefficient (Wildman–Crippen LogP) is 5.94. The zero-order chi connectivity index (χ0) is 23.4. The van der Waals surface area contributed by atoms with Crippen LogP contribution in [0.3, 0.4) is 0 Å². The maximum atomic E-state index is 12.7. The summed E-state index contributed by atoms with van der Waals surface area (Å²) in [5.74, 6) is 1.31. The van der Waals surface area contributed by atoms with Crippen LogP contribution in [0.2, 0.25) is 5.02 Å². The molecule has 6 nitrogen and oxygen atoms in total. The fourth-order valence-electron chi connectivity index (χ4n) is 3.31. The number of rotatable bonds is 7. The van der Waals surface area contributed by atoms with E-state index in [0.29, 0.717) is 27.4 Å². The summed E-state index contributed by atoms with van der Waals surface area (Å²) in [5.41, 5.74) is 4.63. The normalized spacial score (nSPS) is 10.8. The van der Waals surface area contributed by atoms with E-state index in [1.54, 1.807) is 7.11 Å². The van der Waals surface area contributed by atoms with Gasteiger partial charge in [0, 0.05) is 16.3 Å². The zero-order valence-electron chi connectivity index (χ0n) is 18.5. The van der Waals surface area contributed by atoms with E-state index in [0.717, 1.165) is 22.4 Å². The number of carbonyl (C=O) groups is 1. The number of carbonyl (C=O) groups excluding carboxylic acids is 1. The van der Waals surface area contributed by atoms with Gasteiger partial charge in [0.05, 0.1) is 18.6 Å². The van der Waals surface area contributed by atoms with Crippen LogP contribution in [0, 0.1) is 13.8 Å². The molecule has 0 radical (unpaired) electrons. The van der Waals surface area contributed by atoms with Gasteiger partial charge in [-0.25, -0.2) is 0 Å². The highest BCUT2D eigenvalue weighted by atomic mass is 35.5. The van der Waals surface area contributed by atoms with E-state index < -0.39 is 0 Å². The number of aromatic nitrogens is 3. The summed E-state index contributed by atoms with van der Waals surface area (Å²) < 4.78 is 7.31. The quantitative estimate of drug-likeness (QED) is 0.333. The number of aryl methyl sites for hydroxylation is 2. The minimum Gasteiger partial charge on any atom is -0.495 e. The minimum absolute atomic E-state index is 0.157. The Kier molecular flexibility index (Phi) is 7.01. The summed E-state index contributed by atoms with van der Waals surface area (Å²) in [5, 5.41) is 13.0. The largest absolute Gasteiger partial charge is 0.495 e. The third-order valence-electron chi connectivity index (χ3n) is 4.99. The molecule has 3 aromatic carbocycles. The van der Waals surface area contributed by atoms with Crippen molar-refractivity contribution in [2.45, 2.75) is 19.0 Å². The molecule has 0 fully saturated rings. The van der Waals surface area contributed by atoms with Crippen LogP contribution in [0.4, 0.5) is 5.69 Å². The number of thioether (sulfide) groups is 1. The summed E-state index contributed by atoms with van der Waals surface area (Å²) in [6.45, 7) is 4.00. The highest BCUT2D eigenvalue weighted by molar-refractivity contribution is 7.99. The summed E-state index contributed by atoms with van der Waals surface area (Å²) >= 11 is 7.38. The van der Waals surface area contributed by atoms with Crippen LogP contribution in [0.1, 0.15) is 11.1 Å². The average molecular weight is 479 g/mol. The molecule has 168 valence electrons. The molecule has 1 amide bonds. The van der Waals surface area contributed by atoms with Gasteiger partial charge in [-0.1, -0.05) is 47.1 Å². The van der Waals surface area contributed by atoms with Crippen molar-refractivity contribution >= 4 is 35.0 Å². The summed E-state index contributed by atoms with van der Waals surface area (Å²) in [4.78, 5) is 12.7. The van der Waals surface area contributed by atoms with Gasteiger partial charge in [0.25, 0.3) is 0 Å². The van der Waals surface area contributed by atoms with Crippen LogP contribution in [-0.4, -0.2) is 33.5 Å². The second-order valence-corrected chi connectivity index (χ2v) is 8.90. The third-order valence-corrected chi connectivity index (χ3v) is 6.17. The van der Waals surface area contributed by atoms with E-state index in [4.69, 9.17) is 16.3 Å². The van der Waals surface area contributed by atoms with E-state index in [9.17, 15) is 4.79 Å². The third kappa shape index (κ3) is 5.38. The van der Waals surface area contributed by atoms with Gasteiger partial charge < -0.3 is 10.1 Å². The van der Waals surface area contributed by atoms with Crippen LogP contribution < -0.4 is 10.1 Å². The predicted molar refractivity (Wildman–Crippen MR) is 134 cm³/mol. The van der Waals surface area contributed by atoms with Crippen molar-refractivity contribution in [1.82, 2.24) is 14.8 Å². The molecule has 0 aliphatic rings. The molecule has 4 rings (SSSR count). The van der Waals surface area contributed by atoms with Crippen molar-refractivity contribution in [3.8, 4) is 22.8 Å². The zero-order valence-corrected chi connectivity index (χ0v) is 20.1. The number of hydrogen-bond acceptors (Lipinski definition) is 5. The van der Waals surface area contributed by atoms with Crippen molar-refractivity contribution in [3.05, 3.63) is 82.9 Å². The van der Waals surface area contributed by atoms with Crippen molar-refractivity contribution in [2.75, 3.05) is 18.2 Å². The van der Waals surface area contributed by atoms with Crippen LogP contribution in [0.25, 0.3) is 17.1 Å². The van der Waals surface area contributed by atoms with Gasteiger partial charge in [-0.3, -0.25) is 9.36 Å². The Hall–Kier alpha value is -3.29. The number of hydrogen-bond donors (Lipinski definition) is 1. The van der Waals surface area contributed by atoms with Crippen LogP contribution in [0.5, 0.6) is 5.75 Å².